The standard InChI is InChI=1S/C22H35N5O2.HI/c1-23-22(25-13-18-4-8-24-21(12-18)29-16-17-2-3-17)26-20-5-9-27(10-6-20)14-19-7-11-28-15-19;/h4,8,12,17,19-20H,2-3,5-7,9-11,13-16H2,1H3,(H2,23,25,26);1H. The van der Waals surface area contributed by atoms with Gasteiger partial charge in [0.15, 0.2) is 5.96 Å². The van der Waals surface area contributed by atoms with Crippen LogP contribution in [0.5, 0.6) is 5.88 Å². The van der Waals surface area contributed by atoms with Gasteiger partial charge in [-0.25, -0.2) is 4.98 Å². The van der Waals surface area contributed by atoms with E-state index < -0.39 is 0 Å². The Labute approximate surface area is 197 Å². The fraction of sp³-hybridized carbons (Fsp3) is 0.727. The lowest BCUT2D eigenvalue weighted by atomic mass is 10.0. The molecule has 0 amide bonds. The van der Waals surface area contributed by atoms with Gasteiger partial charge < -0.3 is 25.0 Å². The molecule has 3 fully saturated rings. The molecule has 3 aliphatic rings. The van der Waals surface area contributed by atoms with E-state index in [2.05, 4.69) is 25.5 Å². The number of nitrogens with one attached hydrogen (secondary N) is 2. The zero-order valence-electron chi connectivity index (χ0n) is 18.0. The van der Waals surface area contributed by atoms with Crippen molar-refractivity contribution in [2.45, 2.75) is 44.7 Å². The molecule has 0 aromatic carbocycles. The highest BCUT2D eigenvalue weighted by molar-refractivity contribution is 14.0. The predicted molar refractivity (Wildman–Crippen MR) is 130 cm³/mol. The van der Waals surface area contributed by atoms with Gasteiger partial charge in [-0.2, -0.15) is 0 Å². The molecule has 30 heavy (non-hydrogen) atoms. The Hall–Kier alpha value is -1.13. The molecule has 1 atom stereocenters. The first-order valence-electron chi connectivity index (χ1n) is 11.1. The summed E-state index contributed by atoms with van der Waals surface area (Å²) in [6.45, 7) is 6.87. The van der Waals surface area contributed by atoms with E-state index in [1.54, 1.807) is 0 Å². The molecule has 0 radical (unpaired) electrons. The number of nitrogens with zero attached hydrogens (tertiary/aromatic N) is 3. The van der Waals surface area contributed by atoms with E-state index in [9.17, 15) is 0 Å². The summed E-state index contributed by atoms with van der Waals surface area (Å²) in [6.07, 6.45) is 7.93. The first-order valence-corrected chi connectivity index (χ1v) is 11.1. The molecular weight excluding hydrogens is 493 g/mol. The predicted octanol–water partition coefficient (Wildman–Crippen LogP) is 2.65. The second kappa shape index (κ2) is 12.0. The fourth-order valence-electron chi connectivity index (χ4n) is 4.05. The van der Waals surface area contributed by atoms with Gasteiger partial charge in [0.05, 0.1) is 13.2 Å². The van der Waals surface area contributed by atoms with Gasteiger partial charge in [-0.1, -0.05) is 0 Å². The second-order valence-corrected chi connectivity index (χ2v) is 8.63. The molecule has 0 bridgehead atoms. The van der Waals surface area contributed by atoms with Gasteiger partial charge >= 0.3 is 0 Å². The molecule has 2 aliphatic heterocycles. The molecule has 1 saturated carbocycles. The summed E-state index contributed by atoms with van der Waals surface area (Å²) < 4.78 is 11.3. The molecule has 0 spiro atoms. The van der Waals surface area contributed by atoms with Crippen molar-refractivity contribution in [3.63, 3.8) is 0 Å². The summed E-state index contributed by atoms with van der Waals surface area (Å²) in [5, 5.41) is 7.03. The van der Waals surface area contributed by atoms with Crippen LogP contribution in [0.3, 0.4) is 0 Å². The second-order valence-electron chi connectivity index (χ2n) is 8.63. The third-order valence-corrected chi connectivity index (χ3v) is 6.12. The summed E-state index contributed by atoms with van der Waals surface area (Å²) in [5.41, 5.74) is 1.15. The summed E-state index contributed by atoms with van der Waals surface area (Å²) in [7, 11) is 1.83. The number of aromatic nitrogens is 1. The van der Waals surface area contributed by atoms with E-state index in [-0.39, 0.29) is 24.0 Å². The molecule has 1 aromatic heterocycles. The summed E-state index contributed by atoms with van der Waals surface area (Å²) in [6, 6.07) is 4.52. The van der Waals surface area contributed by atoms with Crippen LogP contribution in [0.1, 0.15) is 37.7 Å². The van der Waals surface area contributed by atoms with E-state index >= 15 is 0 Å². The van der Waals surface area contributed by atoms with Crippen molar-refractivity contribution in [2.24, 2.45) is 16.8 Å². The molecule has 2 saturated heterocycles. The van der Waals surface area contributed by atoms with Crippen molar-refractivity contribution in [2.75, 3.05) is 46.5 Å². The number of likely N-dealkylation sites (tertiary alicyclic amines) is 1. The molecule has 7 nitrogen and oxygen atoms in total. The number of halogens is 1. The highest BCUT2D eigenvalue weighted by Gasteiger charge is 2.24. The molecule has 1 unspecified atom stereocenters. The number of piperidine rings is 1. The monoisotopic (exact) mass is 529 g/mol. The number of hydrogen-bond donors (Lipinski definition) is 2. The van der Waals surface area contributed by atoms with E-state index in [0.717, 1.165) is 75.0 Å². The average molecular weight is 529 g/mol. The molecule has 1 aliphatic carbocycles. The minimum absolute atomic E-state index is 0. The van der Waals surface area contributed by atoms with Crippen molar-refractivity contribution < 1.29 is 9.47 Å². The number of rotatable bonds is 8. The maximum atomic E-state index is 5.79. The van der Waals surface area contributed by atoms with Crippen LogP contribution >= 0.6 is 24.0 Å². The third kappa shape index (κ3) is 7.53. The Morgan fingerprint density at radius 3 is 2.77 bits per heavy atom. The lowest BCUT2D eigenvalue weighted by Gasteiger charge is -2.34. The number of pyridine rings is 1. The topological polar surface area (TPSA) is 71.0 Å². The number of hydrogen-bond acceptors (Lipinski definition) is 5. The zero-order chi connectivity index (χ0) is 19.9. The van der Waals surface area contributed by atoms with Crippen LogP contribution in [0, 0.1) is 11.8 Å². The highest BCUT2D eigenvalue weighted by atomic mass is 127. The summed E-state index contributed by atoms with van der Waals surface area (Å²) in [5.74, 6) is 3.05. The first kappa shape index (κ1) is 23.5. The average Bonchev–Trinajstić information content (AvgIpc) is 3.45. The van der Waals surface area contributed by atoms with Crippen LogP contribution in [-0.2, 0) is 11.3 Å². The largest absolute Gasteiger partial charge is 0.477 e. The SMILES string of the molecule is CN=C(NCc1ccnc(OCC2CC2)c1)NC1CCN(CC2CCOC2)CC1.I. The van der Waals surface area contributed by atoms with Crippen molar-refractivity contribution >= 4 is 29.9 Å². The van der Waals surface area contributed by atoms with Gasteiger partial charge in [-0.05, 0) is 55.6 Å². The third-order valence-electron chi connectivity index (χ3n) is 6.12. The Morgan fingerprint density at radius 2 is 2.07 bits per heavy atom. The van der Waals surface area contributed by atoms with E-state index in [1.165, 1.54) is 25.8 Å². The van der Waals surface area contributed by atoms with E-state index in [0.29, 0.717) is 12.6 Å². The Bertz CT molecular complexity index is 671. The van der Waals surface area contributed by atoms with Gasteiger partial charge in [-0.15, -0.1) is 24.0 Å². The molecule has 3 heterocycles. The van der Waals surface area contributed by atoms with Crippen LogP contribution in [0.2, 0.25) is 0 Å². The van der Waals surface area contributed by atoms with Gasteiger partial charge in [0.1, 0.15) is 0 Å². The number of ether oxygens (including phenoxy) is 2. The minimum atomic E-state index is 0. The molecular formula is C22H36IN5O2. The van der Waals surface area contributed by atoms with E-state index in [4.69, 9.17) is 9.47 Å². The number of aliphatic imine (C=N–C) groups is 1. The zero-order valence-corrected chi connectivity index (χ0v) is 20.3. The summed E-state index contributed by atoms with van der Waals surface area (Å²) >= 11 is 0. The Kier molecular flexibility index (Phi) is 9.45. The molecule has 4 rings (SSSR count). The van der Waals surface area contributed by atoms with Crippen LogP contribution in [0.15, 0.2) is 23.3 Å². The van der Waals surface area contributed by atoms with Crippen molar-refractivity contribution in [1.29, 1.82) is 0 Å². The molecule has 1 aromatic rings. The van der Waals surface area contributed by atoms with Crippen LogP contribution in [0.4, 0.5) is 0 Å². The van der Waals surface area contributed by atoms with E-state index in [1.807, 2.05) is 25.4 Å². The van der Waals surface area contributed by atoms with Gasteiger partial charge in [0, 0.05) is 58.1 Å². The molecule has 168 valence electrons. The lowest BCUT2D eigenvalue weighted by molar-refractivity contribution is 0.150. The van der Waals surface area contributed by atoms with Gasteiger partial charge in [0.2, 0.25) is 5.88 Å². The van der Waals surface area contributed by atoms with Crippen LogP contribution < -0.4 is 15.4 Å². The van der Waals surface area contributed by atoms with Crippen LogP contribution in [0.25, 0.3) is 0 Å². The van der Waals surface area contributed by atoms with Crippen molar-refractivity contribution in [3.8, 4) is 5.88 Å². The van der Waals surface area contributed by atoms with Crippen molar-refractivity contribution in [3.05, 3.63) is 23.9 Å². The fourth-order valence-corrected chi connectivity index (χ4v) is 4.05. The minimum Gasteiger partial charge on any atom is -0.477 e. The quantitative estimate of drug-likeness (QED) is 0.307. The molecule has 8 heteroatoms. The van der Waals surface area contributed by atoms with Crippen LogP contribution in [-0.4, -0.2) is 68.4 Å². The smallest absolute Gasteiger partial charge is 0.213 e. The lowest BCUT2D eigenvalue weighted by Crippen LogP contribution is -2.49. The Morgan fingerprint density at radius 1 is 1.23 bits per heavy atom. The maximum Gasteiger partial charge on any atom is 0.213 e. The van der Waals surface area contributed by atoms with Gasteiger partial charge in [0.25, 0.3) is 0 Å². The number of guanidine groups is 1. The maximum absolute atomic E-state index is 5.79. The Balaban J connectivity index is 0.00000256. The summed E-state index contributed by atoms with van der Waals surface area (Å²) in [4.78, 5) is 11.3. The normalized spacial score (nSPS) is 23.1. The van der Waals surface area contributed by atoms with Crippen molar-refractivity contribution in [1.82, 2.24) is 20.5 Å². The van der Waals surface area contributed by atoms with Gasteiger partial charge in [-0.3, -0.25) is 4.99 Å². The molecule has 2 N–H and O–H groups in total. The highest BCUT2D eigenvalue weighted by Crippen LogP contribution is 2.29. The first-order chi connectivity index (χ1) is 14.3.